The number of carbonyl (C=O) groups is 1. The van der Waals surface area contributed by atoms with Gasteiger partial charge in [-0.15, -0.1) is 0 Å². The Morgan fingerprint density at radius 3 is 2.85 bits per heavy atom. The molecule has 1 aliphatic rings. The number of halogens is 1. The monoisotopic (exact) mass is 299 g/mol. The van der Waals surface area contributed by atoms with E-state index in [0.717, 1.165) is 12.8 Å². The minimum atomic E-state index is -0.358. The van der Waals surface area contributed by atoms with E-state index in [1.807, 2.05) is 6.92 Å². The summed E-state index contributed by atoms with van der Waals surface area (Å²) < 4.78 is 6.90. The topological polar surface area (TPSA) is 56.1 Å². The third-order valence-electron chi connectivity index (χ3n) is 4.10. The maximum absolute atomic E-state index is 12.2. The number of ether oxygens (including phenoxy) is 1. The third kappa shape index (κ3) is 3.52. The summed E-state index contributed by atoms with van der Waals surface area (Å²) in [6.45, 7) is 3.19. The molecule has 0 radical (unpaired) electrons. The molecular formula is C14H22ClN3O2. The Morgan fingerprint density at radius 1 is 1.60 bits per heavy atom. The summed E-state index contributed by atoms with van der Waals surface area (Å²) in [7, 11) is 1.72. The normalized spacial score (nSPS) is 18.9. The Labute approximate surface area is 124 Å². The van der Waals surface area contributed by atoms with Gasteiger partial charge in [-0.1, -0.05) is 24.4 Å². The second-order valence-electron chi connectivity index (χ2n) is 5.67. The van der Waals surface area contributed by atoms with Gasteiger partial charge in [0.25, 0.3) is 0 Å². The molecule has 1 aromatic rings. The van der Waals surface area contributed by atoms with Crippen LogP contribution >= 0.6 is 11.6 Å². The maximum atomic E-state index is 12.2. The molecule has 5 nitrogen and oxygen atoms in total. The lowest BCUT2D eigenvalue weighted by atomic mass is 9.87. The van der Waals surface area contributed by atoms with E-state index in [0.29, 0.717) is 18.2 Å². The molecule has 0 spiro atoms. The van der Waals surface area contributed by atoms with Crippen LogP contribution in [-0.4, -0.2) is 35.9 Å². The second kappa shape index (κ2) is 6.59. The van der Waals surface area contributed by atoms with E-state index in [2.05, 4.69) is 10.4 Å². The lowest BCUT2D eigenvalue weighted by Crippen LogP contribution is -2.41. The summed E-state index contributed by atoms with van der Waals surface area (Å²) in [5.74, 6) is -0.0351. The predicted octanol–water partition coefficient (Wildman–Crippen LogP) is 2.42. The molecule has 0 saturated heterocycles. The lowest BCUT2D eigenvalue weighted by molar-refractivity contribution is -0.124. The Kier molecular flexibility index (Phi) is 5.05. The van der Waals surface area contributed by atoms with Crippen LogP contribution in [0.4, 0.5) is 0 Å². The molecule has 1 amide bonds. The minimum Gasteiger partial charge on any atom is -0.384 e. The predicted molar refractivity (Wildman–Crippen MR) is 77.7 cm³/mol. The molecular weight excluding hydrogens is 278 g/mol. The van der Waals surface area contributed by atoms with Crippen LogP contribution in [0.1, 0.15) is 38.6 Å². The number of rotatable bonds is 6. The van der Waals surface area contributed by atoms with Gasteiger partial charge in [0.1, 0.15) is 6.04 Å². The second-order valence-corrected chi connectivity index (χ2v) is 6.11. The molecule has 1 atom stereocenters. The Hall–Kier alpha value is -1.07. The molecule has 112 valence electrons. The molecule has 0 aliphatic heterocycles. The van der Waals surface area contributed by atoms with Crippen molar-refractivity contribution >= 4 is 17.5 Å². The maximum Gasteiger partial charge on any atom is 0.244 e. The van der Waals surface area contributed by atoms with Gasteiger partial charge in [-0.25, -0.2) is 0 Å². The van der Waals surface area contributed by atoms with E-state index in [1.165, 1.54) is 19.0 Å². The van der Waals surface area contributed by atoms with E-state index < -0.39 is 0 Å². The van der Waals surface area contributed by atoms with Gasteiger partial charge in [0.05, 0.1) is 17.8 Å². The van der Waals surface area contributed by atoms with Crippen molar-refractivity contribution in [3.05, 3.63) is 17.4 Å². The zero-order chi connectivity index (χ0) is 14.6. The van der Waals surface area contributed by atoms with E-state index in [-0.39, 0.29) is 17.4 Å². The van der Waals surface area contributed by atoms with Crippen molar-refractivity contribution in [2.75, 3.05) is 20.3 Å². The molecule has 1 fully saturated rings. The summed E-state index contributed by atoms with van der Waals surface area (Å²) in [6.07, 6.45) is 7.85. The van der Waals surface area contributed by atoms with Crippen molar-refractivity contribution in [1.29, 1.82) is 0 Å². The Bertz CT molecular complexity index is 455. The molecule has 0 aromatic carbocycles. The van der Waals surface area contributed by atoms with E-state index in [1.54, 1.807) is 18.0 Å². The number of hydrogen-bond acceptors (Lipinski definition) is 3. The van der Waals surface area contributed by atoms with Gasteiger partial charge in [-0.2, -0.15) is 5.10 Å². The zero-order valence-electron chi connectivity index (χ0n) is 12.1. The zero-order valence-corrected chi connectivity index (χ0v) is 12.8. The van der Waals surface area contributed by atoms with Gasteiger partial charge >= 0.3 is 0 Å². The largest absolute Gasteiger partial charge is 0.384 e. The average molecular weight is 300 g/mol. The quantitative estimate of drug-likeness (QED) is 0.877. The van der Waals surface area contributed by atoms with Crippen LogP contribution in [-0.2, 0) is 9.53 Å². The SMILES string of the molecule is COCC1(CNC(=O)C(C)n2cc(Cl)cn2)CCCC1. The summed E-state index contributed by atoms with van der Waals surface area (Å²) in [6, 6.07) is -0.358. The summed E-state index contributed by atoms with van der Waals surface area (Å²) in [4.78, 5) is 12.2. The summed E-state index contributed by atoms with van der Waals surface area (Å²) in [5.41, 5.74) is 0.103. The Morgan fingerprint density at radius 2 is 2.30 bits per heavy atom. The van der Waals surface area contributed by atoms with Gasteiger partial charge in [-0.05, 0) is 19.8 Å². The molecule has 1 aliphatic carbocycles. The highest BCUT2D eigenvalue weighted by molar-refractivity contribution is 6.30. The lowest BCUT2D eigenvalue weighted by Gasteiger charge is -2.29. The van der Waals surface area contributed by atoms with Crippen LogP contribution < -0.4 is 5.32 Å². The van der Waals surface area contributed by atoms with Crippen LogP contribution in [0, 0.1) is 5.41 Å². The number of hydrogen-bond donors (Lipinski definition) is 1. The molecule has 0 bridgehead atoms. The summed E-state index contributed by atoms with van der Waals surface area (Å²) >= 11 is 5.82. The van der Waals surface area contributed by atoms with Crippen molar-refractivity contribution in [3.8, 4) is 0 Å². The van der Waals surface area contributed by atoms with Gasteiger partial charge in [0.2, 0.25) is 5.91 Å². The molecule has 1 heterocycles. The number of nitrogens with zero attached hydrogens (tertiary/aromatic N) is 2. The third-order valence-corrected chi connectivity index (χ3v) is 4.29. The molecule has 1 N–H and O–H groups in total. The van der Waals surface area contributed by atoms with Crippen molar-refractivity contribution in [2.24, 2.45) is 5.41 Å². The standard InChI is InChI=1S/C14H22ClN3O2/c1-11(18-8-12(15)7-17-18)13(19)16-9-14(10-20-2)5-3-4-6-14/h7-8,11H,3-6,9-10H2,1-2H3,(H,16,19). The number of nitrogens with one attached hydrogen (secondary N) is 1. The fraction of sp³-hybridized carbons (Fsp3) is 0.714. The molecule has 1 saturated carbocycles. The number of aromatic nitrogens is 2. The molecule has 2 rings (SSSR count). The molecule has 6 heteroatoms. The van der Waals surface area contributed by atoms with Gasteiger partial charge in [-0.3, -0.25) is 9.48 Å². The van der Waals surface area contributed by atoms with Gasteiger partial charge < -0.3 is 10.1 Å². The Balaban J connectivity index is 1.90. The first-order valence-corrected chi connectivity index (χ1v) is 7.40. The fourth-order valence-corrected chi connectivity index (χ4v) is 3.02. The van der Waals surface area contributed by atoms with Gasteiger partial charge in [0.15, 0.2) is 0 Å². The molecule has 1 aromatic heterocycles. The first kappa shape index (κ1) is 15.3. The highest BCUT2D eigenvalue weighted by Crippen LogP contribution is 2.37. The van der Waals surface area contributed by atoms with Crippen LogP contribution in [0.15, 0.2) is 12.4 Å². The molecule has 1 unspecified atom stereocenters. The van der Waals surface area contributed by atoms with Crippen molar-refractivity contribution in [3.63, 3.8) is 0 Å². The van der Waals surface area contributed by atoms with Crippen LogP contribution in [0.25, 0.3) is 0 Å². The van der Waals surface area contributed by atoms with Crippen LogP contribution in [0.3, 0.4) is 0 Å². The highest BCUT2D eigenvalue weighted by atomic mass is 35.5. The minimum absolute atomic E-state index is 0.0351. The van der Waals surface area contributed by atoms with E-state index in [9.17, 15) is 4.79 Å². The number of amides is 1. The van der Waals surface area contributed by atoms with Crippen LogP contribution in [0.2, 0.25) is 5.02 Å². The number of methoxy groups -OCH3 is 1. The smallest absolute Gasteiger partial charge is 0.244 e. The highest BCUT2D eigenvalue weighted by Gasteiger charge is 2.34. The van der Waals surface area contributed by atoms with Crippen molar-refractivity contribution < 1.29 is 9.53 Å². The van der Waals surface area contributed by atoms with Crippen molar-refractivity contribution in [1.82, 2.24) is 15.1 Å². The summed E-state index contributed by atoms with van der Waals surface area (Å²) in [5, 5.41) is 7.64. The number of carbonyl (C=O) groups excluding carboxylic acids is 1. The van der Waals surface area contributed by atoms with Crippen molar-refractivity contribution in [2.45, 2.75) is 38.6 Å². The first-order chi connectivity index (χ1) is 9.56. The van der Waals surface area contributed by atoms with Crippen LogP contribution in [0.5, 0.6) is 0 Å². The molecule has 20 heavy (non-hydrogen) atoms. The first-order valence-electron chi connectivity index (χ1n) is 7.03. The van der Waals surface area contributed by atoms with E-state index in [4.69, 9.17) is 16.3 Å². The van der Waals surface area contributed by atoms with E-state index >= 15 is 0 Å². The average Bonchev–Trinajstić information content (AvgIpc) is 3.05. The fourth-order valence-electron chi connectivity index (χ4n) is 2.87. The van der Waals surface area contributed by atoms with Gasteiger partial charge in [0, 0.05) is 25.3 Å².